The Morgan fingerprint density at radius 2 is 1.86 bits per heavy atom. The highest BCUT2D eigenvalue weighted by Crippen LogP contribution is 2.16. The summed E-state index contributed by atoms with van der Waals surface area (Å²) in [7, 11) is 0. The van der Waals surface area contributed by atoms with Gasteiger partial charge in [-0.05, 0) is 56.2 Å². The first kappa shape index (κ1) is 18.2. The van der Waals surface area contributed by atoms with Crippen molar-refractivity contribution in [3.05, 3.63) is 29.8 Å². The van der Waals surface area contributed by atoms with E-state index in [0.717, 1.165) is 44.3 Å². The van der Waals surface area contributed by atoms with Crippen LogP contribution in [0.15, 0.2) is 24.3 Å². The van der Waals surface area contributed by atoms with Gasteiger partial charge in [0.1, 0.15) is 12.0 Å². The molecule has 0 amide bonds. The molecule has 0 saturated heterocycles. The molecule has 0 saturated carbocycles. The molecule has 118 valence electrons. The van der Waals surface area contributed by atoms with Crippen molar-refractivity contribution in [2.24, 2.45) is 0 Å². The first-order valence-corrected chi connectivity index (χ1v) is 8.93. The summed E-state index contributed by atoms with van der Waals surface area (Å²) >= 11 is 3.58. The van der Waals surface area contributed by atoms with Crippen molar-refractivity contribution < 1.29 is 9.53 Å². The Morgan fingerprint density at radius 1 is 1.10 bits per heavy atom. The van der Waals surface area contributed by atoms with Crippen molar-refractivity contribution in [1.29, 1.82) is 0 Å². The zero-order valence-corrected chi connectivity index (χ0v) is 14.6. The highest BCUT2D eigenvalue weighted by atomic mass is 79.9. The number of ether oxygens (including phenoxy) is 1. The summed E-state index contributed by atoms with van der Waals surface area (Å²) in [6.45, 7) is 2.94. The fraction of sp³-hybridized carbons (Fsp3) is 0.611. The van der Waals surface area contributed by atoms with Crippen LogP contribution in [0.25, 0.3) is 0 Å². The molecule has 0 aromatic heterocycles. The SMILES string of the molecule is CC(Br)CCCCc1ccc(OCCCCCC=O)cc1. The quantitative estimate of drug-likeness (QED) is 0.288. The Hall–Kier alpha value is -0.830. The van der Waals surface area contributed by atoms with E-state index in [-0.39, 0.29) is 0 Å². The third-order valence-electron chi connectivity index (χ3n) is 3.48. The van der Waals surface area contributed by atoms with Gasteiger partial charge in [-0.1, -0.05) is 41.4 Å². The van der Waals surface area contributed by atoms with Crippen LogP contribution in [-0.2, 0) is 11.2 Å². The molecule has 1 rings (SSSR count). The average molecular weight is 355 g/mol. The van der Waals surface area contributed by atoms with Crippen molar-refractivity contribution in [3.63, 3.8) is 0 Å². The van der Waals surface area contributed by atoms with Crippen LogP contribution in [0.3, 0.4) is 0 Å². The van der Waals surface area contributed by atoms with Gasteiger partial charge in [0, 0.05) is 11.2 Å². The van der Waals surface area contributed by atoms with E-state index in [4.69, 9.17) is 4.74 Å². The van der Waals surface area contributed by atoms with Crippen LogP contribution in [0, 0.1) is 0 Å². The van der Waals surface area contributed by atoms with Gasteiger partial charge in [-0.15, -0.1) is 0 Å². The molecule has 0 bridgehead atoms. The van der Waals surface area contributed by atoms with Gasteiger partial charge < -0.3 is 9.53 Å². The third kappa shape index (κ3) is 9.67. The minimum absolute atomic E-state index is 0.625. The smallest absolute Gasteiger partial charge is 0.119 e. The topological polar surface area (TPSA) is 26.3 Å². The fourth-order valence-corrected chi connectivity index (χ4v) is 2.53. The summed E-state index contributed by atoms with van der Waals surface area (Å²) < 4.78 is 5.70. The lowest BCUT2D eigenvalue weighted by molar-refractivity contribution is -0.107. The number of alkyl halides is 1. The van der Waals surface area contributed by atoms with Gasteiger partial charge in [0.15, 0.2) is 0 Å². The lowest BCUT2D eigenvalue weighted by Gasteiger charge is -2.07. The number of rotatable bonds is 12. The average Bonchev–Trinajstić information content (AvgIpc) is 2.48. The molecule has 1 aromatic rings. The molecular formula is C18H27BrO2. The number of halogens is 1. The van der Waals surface area contributed by atoms with Crippen molar-refractivity contribution in [2.75, 3.05) is 6.61 Å². The lowest BCUT2D eigenvalue weighted by Crippen LogP contribution is -1.97. The van der Waals surface area contributed by atoms with Crippen LogP contribution in [0.1, 0.15) is 57.4 Å². The second-order valence-corrected chi connectivity index (χ2v) is 7.10. The maximum atomic E-state index is 10.2. The zero-order valence-electron chi connectivity index (χ0n) is 13.0. The largest absolute Gasteiger partial charge is 0.494 e. The van der Waals surface area contributed by atoms with Gasteiger partial charge in [0.25, 0.3) is 0 Å². The minimum atomic E-state index is 0.625. The molecule has 0 radical (unpaired) electrons. The van der Waals surface area contributed by atoms with Gasteiger partial charge in [-0.25, -0.2) is 0 Å². The van der Waals surface area contributed by atoms with E-state index in [1.807, 2.05) is 0 Å². The molecule has 3 heteroatoms. The van der Waals surface area contributed by atoms with E-state index in [0.29, 0.717) is 11.2 Å². The monoisotopic (exact) mass is 354 g/mol. The van der Waals surface area contributed by atoms with E-state index in [9.17, 15) is 4.79 Å². The predicted molar refractivity (Wildman–Crippen MR) is 92.4 cm³/mol. The number of hydrogen-bond donors (Lipinski definition) is 0. The first-order chi connectivity index (χ1) is 10.2. The third-order valence-corrected chi connectivity index (χ3v) is 3.93. The number of hydrogen-bond acceptors (Lipinski definition) is 2. The Kier molecular flexibility index (Phi) is 10.2. The molecule has 21 heavy (non-hydrogen) atoms. The number of aldehydes is 1. The summed E-state index contributed by atoms with van der Waals surface area (Å²) in [5, 5.41) is 0. The summed E-state index contributed by atoms with van der Waals surface area (Å²) in [4.78, 5) is 10.8. The van der Waals surface area contributed by atoms with E-state index < -0.39 is 0 Å². The van der Waals surface area contributed by atoms with Crippen LogP contribution in [0.4, 0.5) is 0 Å². The van der Waals surface area contributed by atoms with Crippen molar-refractivity contribution >= 4 is 22.2 Å². The van der Waals surface area contributed by atoms with Crippen molar-refractivity contribution in [3.8, 4) is 5.75 Å². The lowest BCUT2D eigenvalue weighted by atomic mass is 10.1. The molecule has 1 aromatic carbocycles. The van der Waals surface area contributed by atoms with E-state index >= 15 is 0 Å². The van der Waals surface area contributed by atoms with E-state index in [2.05, 4.69) is 47.1 Å². The maximum Gasteiger partial charge on any atom is 0.119 e. The van der Waals surface area contributed by atoms with Crippen LogP contribution in [-0.4, -0.2) is 17.7 Å². The van der Waals surface area contributed by atoms with Crippen molar-refractivity contribution in [1.82, 2.24) is 0 Å². The number of carbonyl (C=O) groups is 1. The van der Waals surface area contributed by atoms with Crippen LogP contribution >= 0.6 is 15.9 Å². The molecular weight excluding hydrogens is 328 g/mol. The van der Waals surface area contributed by atoms with E-state index in [1.165, 1.54) is 24.8 Å². The number of carbonyl (C=O) groups excluding carboxylic acids is 1. The molecule has 0 N–H and O–H groups in total. The Balaban J connectivity index is 2.13. The molecule has 0 heterocycles. The standard InChI is InChI=1S/C18H27BrO2/c1-16(19)8-4-5-9-17-10-12-18(13-11-17)21-15-7-3-2-6-14-20/h10-14,16H,2-9,15H2,1H3. The first-order valence-electron chi connectivity index (χ1n) is 8.02. The molecule has 2 nitrogen and oxygen atoms in total. The minimum Gasteiger partial charge on any atom is -0.494 e. The maximum absolute atomic E-state index is 10.2. The normalized spacial score (nSPS) is 12.1. The molecule has 0 aliphatic rings. The number of unbranched alkanes of at least 4 members (excludes halogenated alkanes) is 4. The van der Waals surface area contributed by atoms with Crippen LogP contribution < -0.4 is 4.74 Å². The molecule has 0 aliphatic heterocycles. The molecule has 0 fully saturated rings. The molecule has 0 spiro atoms. The zero-order chi connectivity index (χ0) is 15.3. The Bertz CT molecular complexity index is 373. The molecule has 1 atom stereocenters. The summed E-state index contributed by atoms with van der Waals surface area (Å²) in [6.07, 6.45) is 9.60. The Morgan fingerprint density at radius 3 is 2.52 bits per heavy atom. The second-order valence-electron chi connectivity index (χ2n) is 5.53. The van der Waals surface area contributed by atoms with Gasteiger partial charge in [0.05, 0.1) is 6.61 Å². The van der Waals surface area contributed by atoms with Crippen LogP contribution in [0.2, 0.25) is 0 Å². The summed E-state index contributed by atoms with van der Waals surface area (Å²) in [5.74, 6) is 0.947. The van der Waals surface area contributed by atoms with Gasteiger partial charge in [0.2, 0.25) is 0 Å². The highest BCUT2D eigenvalue weighted by Gasteiger charge is 1.99. The number of aryl methyl sites for hydroxylation is 1. The Labute approximate surface area is 137 Å². The summed E-state index contributed by atoms with van der Waals surface area (Å²) in [6, 6.07) is 8.46. The molecule has 0 aliphatic carbocycles. The highest BCUT2D eigenvalue weighted by molar-refractivity contribution is 9.09. The summed E-state index contributed by atoms with van der Waals surface area (Å²) in [5.41, 5.74) is 1.38. The van der Waals surface area contributed by atoms with Gasteiger partial charge in [-0.2, -0.15) is 0 Å². The van der Waals surface area contributed by atoms with Crippen molar-refractivity contribution in [2.45, 2.75) is 63.1 Å². The number of benzene rings is 1. The fourth-order valence-electron chi connectivity index (χ4n) is 2.20. The van der Waals surface area contributed by atoms with Gasteiger partial charge in [-0.3, -0.25) is 0 Å². The van der Waals surface area contributed by atoms with Crippen LogP contribution in [0.5, 0.6) is 5.75 Å². The van der Waals surface area contributed by atoms with Gasteiger partial charge >= 0.3 is 0 Å². The second kappa shape index (κ2) is 11.8. The van der Waals surface area contributed by atoms with E-state index in [1.54, 1.807) is 0 Å². The predicted octanol–water partition coefficient (Wildman–Crippen LogP) is 5.32. The molecule has 1 unspecified atom stereocenters.